The summed E-state index contributed by atoms with van der Waals surface area (Å²) in [5, 5.41) is 5.12. The molecule has 1 heterocycles. The third kappa shape index (κ3) is 4.07. The van der Waals surface area contributed by atoms with E-state index >= 15 is 0 Å². The van der Waals surface area contributed by atoms with Crippen molar-refractivity contribution in [2.24, 2.45) is 0 Å². The molecule has 8 heteroatoms. The SMILES string of the molecule is O=C(CCCl)NCCNC(=O)CN1C(=O)c2ccccc2C1=O. The molecule has 0 saturated heterocycles. The number of nitrogens with one attached hydrogen (secondary N) is 2. The molecule has 1 aliphatic heterocycles. The Labute approximate surface area is 138 Å². The van der Waals surface area contributed by atoms with Crippen LogP contribution in [0.3, 0.4) is 0 Å². The molecule has 1 aromatic carbocycles. The summed E-state index contributed by atoms with van der Waals surface area (Å²) < 4.78 is 0. The summed E-state index contributed by atoms with van der Waals surface area (Å²) in [6, 6.07) is 6.44. The summed E-state index contributed by atoms with van der Waals surface area (Å²) in [6.07, 6.45) is 0.213. The number of fused-ring (bicyclic) bond motifs is 1. The Morgan fingerprint density at radius 3 is 2.00 bits per heavy atom. The lowest BCUT2D eigenvalue weighted by Gasteiger charge is -2.13. The van der Waals surface area contributed by atoms with Crippen LogP contribution in [0, 0.1) is 0 Å². The first kappa shape index (κ1) is 17.0. The van der Waals surface area contributed by atoms with Crippen molar-refractivity contribution in [3.05, 3.63) is 35.4 Å². The van der Waals surface area contributed by atoms with Gasteiger partial charge in [-0.05, 0) is 12.1 Å². The third-order valence-electron chi connectivity index (χ3n) is 3.27. The lowest BCUT2D eigenvalue weighted by Crippen LogP contribution is -2.42. The maximum absolute atomic E-state index is 12.1. The van der Waals surface area contributed by atoms with Gasteiger partial charge in [0.2, 0.25) is 11.8 Å². The summed E-state index contributed by atoms with van der Waals surface area (Å²) in [4.78, 5) is 48.1. The number of nitrogens with zero attached hydrogens (tertiary/aromatic N) is 1. The number of alkyl halides is 1. The zero-order valence-corrected chi connectivity index (χ0v) is 13.1. The van der Waals surface area contributed by atoms with E-state index in [0.29, 0.717) is 11.1 Å². The maximum atomic E-state index is 12.1. The van der Waals surface area contributed by atoms with Gasteiger partial charge in [-0.25, -0.2) is 0 Å². The Balaban J connectivity index is 1.80. The second-order valence-electron chi connectivity index (χ2n) is 4.88. The molecule has 4 amide bonds. The normalized spacial score (nSPS) is 13.0. The van der Waals surface area contributed by atoms with Crippen molar-refractivity contribution in [2.45, 2.75) is 6.42 Å². The van der Waals surface area contributed by atoms with Crippen molar-refractivity contribution in [2.75, 3.05) is 25.5 Å². The van der Waals surface area contributed by atoms with Crippen molar-refractivity contribution in [3.63, 3.8) is 0 Å². The molecular weight excluding hydrogens is 322 g/mol. The standard InChI is InChI=1S/C15H16ClN3O4/c16-6-5-12(20)17-7-8-18-13(21)9-19-14(22)10-3-1-2-4-11(10)15(19)23/h1-4H,5-9H2,(H,17,20)(H,18,21). The molecule has 1 aliphatic rings. The molecular formula is C15H16ClN3O4. The van der Waals surface area contributed by atoms with E-state index in [-0.39, 0.29) is 37.8 Å². The summed E-state index contributed by atoms with van der Waals surface area (Å²) in [6.45, 7) is 0.113. The van der Waals surface area contributed by atoms with E-state index in [1.54, 1.807) is 24.3 Å². The van der Waals surface area contributed by atoms with Gasteiger partial charge in [-0.2, -0.15) is 0 Å². The van der Waals surface area contributed by atoms with Crippen molar-refractivity contribution in [3.8, 4) is 0 Å². The molecule has 0 atom stereocenters. The van der Waals surface area contributed by atoms with E-state index in [9.17, 15) is 19.2 Å². The fraction of sp³-hybridized carbons (Fsp3) is 0.333. The molecule has 2 rings (SSSR count). The smallest absolute Gasteiger partial charge is 0.262 e. The number of carbonyl (C=O) groups is 4. The Hall–Kier alpha value is -2.41. The minimum Gasteiger partial charge on any atom is -0.354 e. The molecule has 0 fully saturated rings. The first-order chi connectivity index (χ1) is 11.0. The summed E-state index contributed by atoms with van der Waals surface area (Å²) in [5.41, 5.74) is 0.609. The number of hydrogen-bond donors (Lipinski definition) is 2. The highest BCUT2D eigenvalue weighted by atomic mass is 35.5. The average Bonchev–Trinajstić information content (AvgIpc) is 2.77. The molecule has 2 N–H and O–H groups in total. The molecule has 7 nitrogen and oxygen atoms in total. The van der Waals surface area contributed by atoms with E-state index < -0.39 is 17.7 Å². The van der Waals surface area contributed by atoms with E-state index in [1.165, 1.54) is 0 Å². The highest BCUT2D eigenvalue weighted by Gasteiger charge is 2.36. The fourth-order valence-electron chi connectivity index (χ4n) is 2.16. The van der Waals surface area contributed by atoms with E-state index in [4.69, 9.17) is 11.6 Å². The molecule has 1 aromatic rings. The van der Waals surface area contributed by atoms with Crippen LogP contribution in [0.25, 0.3) is 0 Å². The predicted molar refractivity (Wildman–Crippen MR) is 83.2 cm³/mol. The van der Waals surface area contributed by atoms with Crippen molar-refractivity contribution in [1.29, 1.82) is 0 Å². The molecule has 23 heavy (non-hydrogen) atoms. The molecule has 0 saturated carbocycles. The highest BCUT2D eigenvalue weighted by Crippen LogP contribution is 2.21. The molecule has 0 radical (unpaired) electrons. The molecule has 0 bridgehead atoms. The summed E-state index contributed by atoms with van der Waals surface area (Å²) >= 11 is 5.42. The number of halogens is 1. The number of carbonyl (C=O) groups excluding carboxylic acids is 4. The van der Waals surface area contributed by atoms with Crippen LogP contribution < -0.4 is 10.6 Å². The zero-order valence-electron chi connectivity index (χ0n) is 12.3. The second kappa shape index (κ2) is 7.73. The van der Waals surface area contributed by atoms with Crippen LogP contribution in [0.1, 0.15) is 27.1 Å². The van der Waals surface area contributed by atoms with E-state index in [2.05, 4.69) is 10.6 Å². The summed E-state index contributed by atoms with van der Waals surface area (Å²) in [7, 11) is 0. The van der Waals surface area contributed by atoms with Gasteiger partial charge in [0.25, 0.3) is 11.8 Å². The van der Waals surface area contributed by atoms with Crippen LogP contribution in [0.15, 0.2) is 24.3 Å². The Morgan fingerprint density at radius 1 is 0.957 bits per heavy atom. The van der Waals surface area contributed by atoms with E-state index in [0.717, 1.165) is 4.90 Å². The van der Waals surface area contributed by atoms with Crippen LogP contribution in [0.4, 0.5) is 0 Å². The number of amides is 4. The summed E-state index contributed by atoms with van der Waals surface area (Å²) in [5.74, 6) is -1.38. The van der Waals surface area contributed by atoms with Gasteiger partial charge in [-0.15, -0.1) is 11.6 Å². The largest absolute Gasteiger partial charge is 0.354 e. The van der Waals surface area contributed by atoms with E-state index in [1.807, 2.05) is 0 Å². The Bertz CT molecular complexity index is 612. The first-order valence-corrected chi connectivity index (χ1v) is 7.62. The number of rotatable bonds is 7. The van der Waals surface area contributed by atoms with Gasteiger partial charge >= 0.3 is 0 Å². The third-order valence-corrected chi connectivity index (χ3v) is 3.46. The molecule has 0 aromatic heterocycles. The van der Waals surface area contributed by atoms with Crippen molar-refractivity contribution in [1.82, 2.24) is 15.5 Å². The minimum absolute atomic E-state index is 0.199. The molecule has 0 unspecified atom stereocenters. The van der Waals surface area contributed by atoms with Gasteiger partial charge in [0, 0.05) is 25.4 Å². The van der Waals surface area contributed by atoms with Crippen molar-refractivity contribution < 1.29 is 19.2 Å². The number of hydrogen-bond acceptors (Lipinski definition) is 4. The van der Waals surface area contributed by atoms with Crippen LogP contribution in [-0.2, 0) is 9.59 Å². The van der Waals surface area contributed by atoms with Gasteiger partial charge in [0.1, 0.15) is 6.54 Å². The van der Waals surface area contributed by atoms with Gasteiger partial charge in [0.15, 0.2) is 0 Å². The van der Waals surface area contributed by atoms with Crippen LogP contribution >= 0.6 is 11.6 Å². The fourth-order valence-corrected chi connectivity index (χ4v) is 2.33. The lowest BCUT2D eigenvalue weighted by atomic mass is 10.1. The predicted octanol–water partition coefficient (Wildman–Crippen LogP) is 0.144. The van der Waals surface area contributed by atoms with Crippen molar-refractivity contribution >= 4 is 35.2 Å². The first-order valence-electron chi connectivity index (χ1n) is 7.09. The second-order valence-corrected chi connectivity index (χ2v) is 5.26. The van der Waals surface area contributed by atoms with Gasteiger partial charge < -0.3 is 10.6 Å². The monoisotopic (exact) mass is 337 g/mol. The maximum Gasteiger partial charge on any atom is 0.262 e. The van der Waals surface area contributed by atoms with Gasteiger partial charge in [-0.3, -0.25) is 24.1 Å². The van der Waals surface area contributed by atoms with Gasteiger partial charge in [0.05, 0.1) is 11.1 Å². The Kier molecular flexibility index (Phi) is 5.70. The Morgan fingerprint density at radius 2 is 1.48 bits per heavy atom. The lowest BCUT2D eigenvalue weighted by molar-refractivity contribution is -0.122. The minimum atomic E-state index is -0.476. The number of imide groups is 1. The molecule has 0 aliphatic carbocycles. The highest BCUT2D eigenvalue weighted by molar-refractivity contribution is 6.22. The zero-order chi connectivity index (χ0) is 16.8. The quantitative estimate of drug-likeness (QED) is 0.420. The van der Waals surface area contributed by atoms with Gasteiger partial charge in [-0.1, -0.05) is 12.1 Å². The number of benzene rings is 1. The van der Waals surface area contributed by atoms with Crippen LogP contribution in [0.2, 0.25) is 0 Å². The topological polar surface area (TPSA) is 95.6 Å². The average molecular weight is 338 g/mol. The van der Waals surface area contributed by atoms with Crippen LogP contribution in [0.5, 0.6) is 0 Å². The molecule has 0 spiro atoms. The van der Waals surface area contributed by atoms with Crippen LogP contribution in [-0.4, -0.2) is 54.0 Å². The molecule has 122 valence electrons.